The molecule has 0 aromatic heterocycles. The quantitative estimate of drug-likeness (QED) is 0.346. The number of benzene rings is 2. The molecule has 2 atom stereocenters. The molecule has 4 rings (SSSR count). The Bertz CT molecular complexity index is 1620. The molecule has 0 amide bonds. The summed E-state index contributed by atoms with van der Waals surface area (Å²) in [6, 6.07) is 13.1. The number of carbonyl (C=O) groups excluding carboxylic acids is 2. The Labute approximate surface area is 243 Å². The predicted molar refractivity (Wildman–Crippen MR) is 151 cm³/mol. The number of hydrogen-bond donors (Lipinski definition) is 1. The molecule has 2 aromatic carbocycles. The molecule has 0 bridgehead atoms. The summed E-state index contributed by atoms with van der Waals surface area (Å²) in [6.07, 6.45) is 0.462. The van der Waals surface area contributed by atoms with Crippen molar-refractivity contribution in [3.05, 3.63) is 92.4 Å². The zero-order valence-electron chi connectivity index (χ0n) is 22.4. The Balaban J connectivity index is 1.57. The summed E-state index contributed by atoms with van der Waals surface area (Å²) in [5.41, 5.74) is 0.338. The summed E-state index contributed by atoms with van der Waals surface area (Å²) in [7, 11) is -8.10. The Morgan fingerprint density at radius 2 is 1.71 bits per heavy atom. The highest BCUT2D eigenvalue weighted by molar-refractivity contribution is 7.98. The minimum atomic E-state index is -4.28. The lowest BCUT2D eigenvalue weighted by atomic mass is 9.86. The minimum absolute atomic E-state index is 0.0823. The summed E-state index contributed by atoms with van der Waals surface area (Å²) >= 11 is 6.32. The van der Waals surface area contributed by atoms with Crippen LogP contribution in [0.15, 0.2) is 70.4 Å². The molecule has 0 spiro atoms. The van der Waals surface area contributed by atoms with Gasteiger partial charge in [-0.05, 0) is 31.0 Å². The normalized spacial score (nSPS) is 20.3. The summed E-state index contributed by atoms with van der Waals surface area (Å²) in [4.78, 5) is 25.3. The summed E-state index contributed by atoms with van der Waals surface area (Å²) in [5, 5.41) is 2.59. The van der Waals surface area contributed by atoms with Crippen molar-refractivity contribution in [3.63, 3.8) is 0 Å². The van der Waals surface area contributed by atoms with Crippen molar-refractivity contribution in [1.82, 2.24) is 5.32 Å². The van der Waals surface area contributed by atoms with Crippen LogP contribution < -0.4 is 5.32 Å². The predicted octanol–water partition coefficient (Wildman–Crippen LogP) is 3.46. The highest BCUT2D eigenvalue weighted by Gasteiger charge is 2.45. The van der Waals surface area contributed by atoms with Gasteiger partial charge in [-0.15, -0.1) is 0 Å². The van der Waals surface area contributed by atoms with E-state index in [0.717, 1.165) is 11.6 Å². The Hall–Kier alpha value is -3.22. The number of dihydropyridines is 1. The lowest BCUT2D eigenvalue weighted by Crippen LogP contribution is -2.34. The number of halogens is 2. The van der Waals surface area contributed by atoms with Crippen LogP contribution in [0.4, 0.5) is 4.39 Å². The highest BCUT2D eigenvalue weighted by atomic mass is 35.5. The maximum atomic E-state index is 15.2. The van der Waals surface area contributed by atoms with E-state index >= 15 is 4.39 Å². The van der Waals surface area contributed by atoms with Crippen molar-refractivity contribution in [3.8, 4) is 0 Å². The van der Waals surface area contributed by atoms with Crippen molar-refractivity contribution in [1.29, 1.82) is 0 Å². The van der Waals surface area contributed by atoms with Gasteiger partial charge in [-0.25, -0.2) is 26.0 Å². The van der Waals surface area contributed by atoms with Crippen LogP contribution in [0.3, 0.4) is 0 Å². The second kappa shape index (κ2) is 12.3. The number of ether oxygens (including phenoxy) is 2. The summed E-state index contributed by atoms with van der Waals surface area (Å²) < 4.78 is 77.6. The molecule has 13 heteroatoms. The van der Waals surface area contributed by atoms with Crippen molar-refractivity contribution >= 4 is 43.2 Å². The minimum Gasteiger partial charge on any atom is -0.462 e. The monoisotopic (exact) mass is 625 g/mol. The molecule has 220 valence electrons. The first-order valence-electron chi connectivity index (χ1n) is 12.8. The molecule has 0 saturated carbocycles. The lowest BCUT2D eigenvalue weighted by molar-refractivity contribution is -0.153. The fraction of sp³-hybridized carbons (Fsp3) is 0.357. The van der Waals surface area contributed by atoms with E-state index in [2.05, 4.69) is 5.32 Å². The molecule has 0 fully saturated rings. The second-order valence-corrected chi connectivity index (χ2v) is 14.5. The standard InChI is InChI=1S/C28H29ClFNO8S2/c1-17(15-19-7-4-3-5-8-19)27(32)38-11-12-39-28(33)23-18(2)31-22-16-40(34,35)13-14-41(36,37)26(22)25(23)24-20(29)9-6-10-21(24)30/h3-10,17,25,31H,11-16H2,1-2H3. The smallest absolute Gasteiger partial charge is 0.336 e. The zero-order chi connectivity index (χ0) is 29.9. The van der Waals surface area contributed by atoms with Crippen molar-refractivity contribution in [2.45, 2.75) is 26.2 Å². The molecular weight excluding hydrogens is 597 g/mol. The third-order valence-electron chi connectivity index (χ3n) is 6.81. The fourth-order valence-corrected chi connectivity index (χ4v) is 9.25. The molecule has 2 aromatic rings. The number of nitrogens with one attached hydrogen (secondary N) is 1. The van der Waals surface area contributed by atoms with Gasteiger partial charge in [0.25, 0.3) is 0 Å². The molecular formula is C28H29ClFNO8S2. The maximum absolute atomic E-state index is 15.2. The molecule has 2 aliphatic heterocycles. The zero-order valence-corrected chi connectivity index (χ0v) is 24.7. The van der Waals surface area contributed by atoms with Crippen molar-refractivity contribution in [2.75, 3.05) is 30.5 Å². The number of esters is 2. The Morgan fingerprint density at radius 1 is 1.02 bits per heavy atom. The second-order valence-electron chi connectivity index (χ2n) is 9.88. The molecule has 0 radical (unpaired) electrons. The average Bonchev–Trinajstić information content (AvgIpc) is 2.98. The molecule has 9 nitrogen and oxygen atoms in total. The molecule has 41 heavy (non-hydrogen) atoms. The topological polar surface area (TPSA) is 133 Å². The first-order chi connectivity index (χ1) is 19.3. The third kappa shape index (κ3) is 6.99. The van der Waals surface area contributed by atoms with Gasteiger partial charge in [-0.3, -0.25) is 4.79 Å². The van der Waals surface area contributed by atoms with Crippen LogP contribution in [-0.2, 0) is 45.2 Å². The lowest BCUT2D eigenvalue weighted by Gasteiger charge is -2.31. The van der Waals surface area contributed by atoms with Gasteiger partial charge >= 0.3 is 11.9 Å². The number of sulfone groups is 2. The summed E-state index contributed by atoms with van der Waals surface area (Å²) in [6.45, 7) is 2.52. The van der Waals surface area contributed by atoms with E-state index in [1.54, 1.807) is 6.92 Å². The highest BCUT2D eigenvalue weighted by Crippen LogP contribution is 2.45. The first-order valence-corrected chi connectivity index (χ1v) is 16.6. The van der Waals surface area contributed by atoms with E-state index in [1.807, 2.05) is 30.3 Å². The first kappa shape index (κ1) is 30.7. The average molecular weight is 626 g/mol. The molecule has 0 aliphatic carbocycles. The molecule has 2 unspecified atom stereocenters. The van der Waals surface area contributed by atoms with Crippen LogP contribution in [0.1, 0.15) is 30.9 Å². The van der Waals surface area contributed by atoms with E-state index < -0.39 is 71.4 Å². The van der Waals surface area contributed by atoms with Crippen LogP contribution in [0, 0.1) is 11.7 Å². The van der Waals surface area contributed by atoms with Crippen LogP contribution in [0.25, 0.3) is 0 Å². The van der Waals surface area contributed by atoms with Gasteiger partial charge in [0.05, 0.1) is 39.6 Å². The van der Waals surface area contributed by atoms with Gasteiger partial charge in [-0.1, -0.05) is 54.9 Å². The van der Waals surface area contributed by atoms with Gasteiger partial charge in [0.15, 0.2) is 19.7 Å². The number of rotatable bonds is 8. The largest absolute Gasteiger partial charge is 0.462 e. The Kier molecular flexibility index (Phi) is 9.25. The van der Waals surface area contributed by atoms with Crippen LogP contribution in [-0.4, -0.2) is 59.2 Å². The fourth-order valence-electron chi connectivity index (χ4n) is 4.87. The van der Waals surface area contributed by atoms with Gasteiger partial charge in [0, 0.05) is 22.0 Å². The summed E-state index contributed by atoms with van der Waals surface area (Å²) in [5.74, 6) is -6.38. The van der Waals surface area contributed by atoms with Gasteiger partial charge < -0.3 is 14.8 Å². The van der Waals surface area contributed by atoms with Crippen LogP contribution in [0.2, 0.25) is 5.02 Å². The maximum Gasteiger partial charge on any atom is 0.336 e. The number of hydrogen-bond acceptors (Lipinski definition) is 9. The van der Waals surface area contributed by atoms with Gasteiger partial charge in [-0.2, -0.15) is 0 Å². The van der Waals surface area contributed by atoms with E-state index in [1.165, 1.54) is 19.1 Å². The van der Waals surface area contributed by atoms with Crippen LogP contribution >= 0.6 is 11.6 Å². The van der Waals surface area contributed by atoms with Gasteiger partial charge in [0.2, 0.25) is 0 Å². The van der Waals surface area contributed by atoms with E-state index in [9.17, 15) is 26.4 Å². The molecule has 0 saturated heterocycles. The SMILES string of the molecule is CC1=C(C(=O)OCCOC(=O)C(C)Cc2ccccc2)C(c2c(F)cccc2Cl)C2=C(CS(=O)(=O)CCS2(=O)=O)N1. The van der Waals surface area contributed by atoms with E-state index in [0.29, 0.717) is 6.42 Å². The molecule has 1 N–H and O–H groups in total. The van der Waals surface area contributed by atoms with Crippen molar-refractivity contribution < 1.29 is 40.3 Å². The molecule has 2 heterocycles. The number of allylic oxidation sites excluding steroid dienone is 2. The van der Waals surface area contributed by atoms with E-state index in [-0.39, 0.29) is 40.8 Å². The number of carbonyl (C=O) groups is 2. The van der Waals surface area contributed by atoms with E-state index in [4.69, 9.17) is 21.1 Å². The Morgan fingerprint density at radius 3 is 2.39 bits per heavy atom. The third-order valence-corrected chi connectivity index (χ3v) is 10.8. The van der Waals surface area contributed by atoms with Crippen LogP contribution in [0.5, 0.6) is 0 Å². The molecule has 2 aliphatic rings. The van der Waals surface area contributed by atoms with Crippen molar-refractivity contribution in [2.24, 2.45) is 5.92 Å². The van der Waals surface area contributed by atoms with Gasteiger partial charge in [0.1, 0.15) is 19.0 Å².